The summed E-state index contributed by atoms with van der Waals surface area (Å²) < 4.78 is 44.0. The molecule has 0 spiro atoms. The predicted molar refractivity (Wildman–Crippen MR) is 72.2 cm³/mol. The zero-order valence-electron chi connectivity index (χ0n) is 11.6. The lowest BCUT2D eigenvalue weighted by atomic mass is 10.0. The van der Waals surface area contributed by atoms with Gasteiger partial charge in [-0.05, 0) is 25.1 Å². The number of ether oxygens (including phenoxy) is 1. The highest BCUT2D eigenvalue weighted by atomic mass is 19.4. The first-order chi connectivity index (χ1) is 9.18. The van der Waals surface area contributed by atoms with E-state index in [0.29, 0.717) is 12.3 Å². The van der Waals surface area contributed by atoms with Crippen molar-refractivity contribution in [1.82, 2.24) is 0 Å². The molecule has 1 rings (SSSR count). The molecular formula is C13H18F3N3O. The van der Waals surface area contributed by atoms with Gasteiger partial charge in [-0.25, -0.2) is 0 Å². The van der Waals surface area contributed by atoms with Crippen LogP contribution in [0.25, 0.3) is 0 Å². The van der Waals surface area contributed by atoms with Crippen molar-refractivity contribution in [3.05, 3.63) is 29.3 Å². The van der Waals surface area contributed by atoms with E-state index in [0.717, 1.165) is 6.07 Å². The third-order valence-electron chi connectivity index (χ3n) is 3.08. The first-order valence-electron chi connectivity index (χ1n) is 5.96. The SMILES string of the molecule is COCC(C)N(C)c1ccc(C(=N)N)c(C(F)(F)F)c1. The molecule has 7 heteroatoms. The molecule has 0 aliphatic rings. The number of nitrogens with one attached hydrogen (secondary N) is 1. The number of methoxy groups -OCH3 is 1. The summed E-state index contributed by atoms with van der Waals surface area (Å²) >= 11 is 0. The van der Waals surface area contributed by atoms with Gasteiger partial charge in [-0.1, -0.05) is 0 Å². The first-order valence-corrected chi connectivity index (χ1v) is 5.96. The molecule has 0 aliphatic heterocycles. The highest BCUT2D eigenvalue weighted by molar-refractivity contribution is 5.97. The molecule has 0 radical (unpaired) electrons. The van der Waals surface area contributed by atoms with Crippen LogP contribution in [0.3, 0.4) is 0 Å². The highest BCUT2D eigenvalue weighted by Gasteiger charge is 2.34. The monoisotopic (exact) mass is 289 g/mol. The third-order valence-corrected chi connectivity index (χ3v) is 3.08. The summed E-state index contributed by atoms with van der Waals surface area (Å²) in [4.78, 5) is 1.68. The lowest BCUT2D eigenvalue weighted by molar-refractivity contribution is -0.137. The number of hydrogen-bond donors (Lipinski definition) is 2. The average Bonchev–Trinajstić information content (AvgIpc) is 2.36. The Balaban J connectivity index is 3.23. The Hall–Kier alpha value is -1.76. The molecule has 1 unspecified atom stereocenters. The maximum atomic E-state index is 13.0. The first kappa shape index (κ1) is 16.3. The van der Waals surface area contributed by atoms with Crippen molar-refractivity contribution in [3.8, 4) is 0 Å². The number of benzene rings is 1. The lowest BCUT2D eigenvalue weighted by Crippen LogP contribution is -2.33. The summed E-state index contributed by atoms with van der Waals surface area (Å²) in [5.74, 6) is -0.600. The molecule has 0 heterocycles. The van der Waals surface area contributed by atoms with Crippen molar-refractivity contribution in [2.75, 3.05) is 25.7 Å². The van der Waals surface area contributed by atoms with Crippen LogP contribution in [0.4, 0.5) is 18.9 Å². The van der Waals surface area contributed by atoms with Crippen LogP contribution >= 0.6 is 0 Å². The summed E-state index contributed by atoms with van der Waals surface area (Å²) in [6.07, 6.45) is -4.55. The second kappa shape index (κ2) is 6.13. The molecule has 0 amide bonds. The number of likely N-dealkylation sites (N-methyl/N-ethyl adjacent to an activating group) is 1. The van der Waals surface area contributed by atoms with Crippen LogP contribution in [0.2, 0.25) is 0 Å². The van der Waals surface area contributed by atoms with Crippen LogP contribution < -0.4 is 10.6 Å². The standard InChI is InChI=1S/C13H18F3N3O/c1-8(7-20-3)19(2)9-4-5-10(12(17)18)11(6-9)13(14,15)16/h4-6,8H,7H2,1-3H3,(H3,17,18). The molecule has 0 aliphatic carbocycles. The van der Waals surface area contributed by atoms with E-state index in [9.17, 15) is 13.2 Å². The molecule has 112 valence electrons. The van der Waals surface area contributed by atoms with Crippen molar-refractivity contribution in [2.45, 2.75) is 19.1 Å². The van der Waals surface area contributed by atoms with E-state index in [1.54, 1.807) is 11.9 Å². The van der Waals surface area contributed by atoms with Gasteiger partial charge in [0.2, 0.25) is 0 Å². The van der Waals surface area contributed by atoms with Gasteiger partial charge < -0.3 is 15.4 Å². The quantitative estimate of drug-likeness (QED) is 0.646. The molecule has 1 aromatic rings. The van der Waals surface area contributed by atoms with Crippen LogP contribution in [0.15, 0.2) is 18.2 Å². The van der Waals surface area contributed by atoms with Crippen LogP contribution in [0, 0.1) is 5.41 Å². The van der Waals surface area contributed by atoms with E-state index in [-0.39, 0.29) is 11.6 Å². The van der Waals surface area contributed by atoms with E-state index in [1.165, 1.54) is 19.2 Å². The second-order valence-electron chi connectivity index (χ2n) is 4.56. The number of hydrogen-bond acceptors (Lipinski definition) is 3. The Kier molecular flexibility index (Phi) is 4.99. The van der Waals surface area contributed by atoms with Gasteiger partial charge in [-0.15, -0.1) is 0 Å². The molecule has 20 heavy (non-hydrogen) atoms. The molecule has 4 nitrogen and oxygen atoms in total. The zero-order valence-corrected chi connectivity index (χ0v) is 11.6. The molecule has 1 aromatic carbocycles. The Bertz CT molecular complexity index is 488. The molecular weight excluding hydrogens is 271 g/mol. The largest absolute Gasteiger partial charge is 0.417 e. The van der Waals surface area contributed by atoms with Crippen LogP contribution in [-0.2, 0) is 10.9 Å². The van der Waals surface area contributed by atoms with Crippen LogP contribution in [0.5, 0.6) is 0 Å². The van der Waals surface area contributed by atoms with Gasteiger partial charge >= 0.3 is 6.18 Å². The van der Waals surface area contributed by atoms with E-state index < -0.39 is 17.6 Å². The van der Waals surface area contributed by atoms with Crippen molar-refractivity contribution in [1.29, 1.82) is 5.41 Å². The summed E-state index contributed by atoms with van der Waals surface area (Å²) in [5, 5.41) is 7.23. The fourth-order valence-corrected chi connectivity index (χ4v) is 1.83. The van der Waals surface area contributed by atoms with Crippen molar-refractivity contribution in [3.63, 3.8) is 0 Å². The Morgan fingerprint density at radius 3 is 2.50 bits per heavy atom. The molecule has 3 N–H and O–H groups in total. The predicted octanol–water partition coefficient (Wildman–Crippen LogP) is 2.46. The van der Waals surface area contributed by atoms with Gasteiger partial charge in [-0.3, -0.25) is 5.41 Å². The summed E-state index contributed by atoms with van der Waals surface area (Å²) in [6.45, 7) is 2.24. The number of nitrogens with zero attached hydrogens (tertiary/aromatic N) is 1. The van der Waals surface area contributed by atoms with Crippen molar-refractivity contribution >= 4 is 11.5 Å². The van der Waals surface area contributed by atoms with Crippen molar-refractivity contribution in [2.24, 2.45) is 5.73 Å². The van der Waals surface area contributed by atoms with Gasteiger partial charge in [-0.2, -0.15) is 13.2 Å². The molecule has 0 aromatic heterocycles. The van der Waals surface area contributed by atoms with E-state index in [1.807, 2.05) is 6.92 Å². The topological polar surface area (TPSA) is 62.3 Å². The summed E-state index contributed by atoms with van der Waals surface area (Å²) in [5.41, 5.74) is 4.38. The molecule has 0 saturated heterocycles. The van der Waals surface area contributed by atoms with E-state index in [4.69, 9.17) is 15.9 Å². The minimum Gasteiger partial charge on any atom is -0.384 e. The molecule has 1 atom stereocenters. The number of amidine groups is 1. The zero-order chi connectivity index (χ0) is 15.5. The number of halogens is 3. The minimum absolute atomic E-state index is 0.0794. The normalized spacial score (nSPS) is 13.1. The minimum atomic E-state index is -4.55. The van der Waals surface area contributed by atoms with Crippen LogP contribution in [0.1, 0.15) is 18.1 Å². The van der Waals surface area contributed by atoms with Crippen molar-refractivity contribution < 1.29 is 17.9 Å². The number of nitrogen functional groups attached to an aromatic ring is 1. The number of alkyl halides is 3. The summed E-state index contributed by atoms with van der Waals surface area (Å²) in [6, 6.07) is 3.65. The fourth-order valence-electron chi connectivity index (χ4n) is 1.83. The van der Waals surface area contributed by atoms with E-state index >= 15 is 0 Å². The second-order valence-corrected chi connectivity index (χ2v) is 4.56. The molecule has 0 bridgehead atoms. The Labute approximate surface area is 115 Å². The van der Waals surface area contributed by atoms with Gasteiger partial charge in [0, 0.05) is 31.5 Å². The lowest BCUT2D eigenvalue weighted by Gasteiger charge is -2.27. The average molecular weight is 289 g/mol. The van der Waals surface area contributed by atoms with Gasteiger partial charge in [0.25, 0.3) is 0 Å². The van der Waals surface area contributed by atoms with Gasteiger partial charge in [0.05, 0.1) is 12.2 Å². The Morgan fingerprint density at radius 2 is 2.05 bits per heavy atom. The van der Waals surface area contributed by atoms with Gasteiger partial charge in [0.1, 0.15) is 5.84 Å². The molecule has 0 fully saturated rings. The maximum absolute atomic E-state index is 13.0. The van der Waals surface area contributed by atoms with Gasteiger partial charge in [0.15, 0.2) is 0 Å². The fraction of sp³-hybridized carbons (Fsp3) is 0.462. The Morgan fingerprint density at radius 1 is 1.45 bits per heavy atom. The number of anilines is 1. The number of rotatable bonds is 5. The third kappa shape index (κ3) is 3.63. The smallest absolute Gasteiger partial charge is 0.384 e. The summed E-state index contributed by atoms with van der Waals surface area (Å²) in [7, 11) is 3.22. The van der Waals surface area contributed by atoms with Crippen LogP contribution in [-0.4, -0.2) is 32.6 Å². The van der Waals surface area contributed by atoms with E-state index in [2.05, 4.69) is 0 Å². The number of nitrogens with two attached hydrogens (primary N) is 1. The molecule has 0 saturated carbocycles. The maximum Gasteiger partial charge on any atom is 0.417 e. The highest BCUT2D eigenvalue weighted by Crippen LogP contribution is 2.34.